The molecule has 0 aliphatic carbocycles. The Morgan fingerprint density at radius 1 is 1.00 bits per heavy atom. The molecule has 1 amide bonds. The van der Waals surface area contributed by atoms with E-state index in [2.05, 4.69) is 15.3 Å². The first kappa shape index (κ1) is 35.4. The minimum Gasteiger partial charge on any atom is -0.483 e. The summed E-state index contributed by atoms with van der Waals surface area (Å²) >= 11 is 0. The SMILES string of the molecule is C[C@@H]1CN(c2ncc(-c3c(F)cc(N4CCN(C)[C@@H](C)C4)c(NC(=O)c4ccc(F)cc4C(F)(F)F)c3F)cn2)C[C@@H](C)O1.O=CO. The van der Waals surface area contributed by atoms with Crippen molar-refractivity contribution in [2.24, 2.45) is 0 Å². The molecule has 10 nitrogen and oxygen atoms in total. The number of piperazine rings is 1. The van der Waals surface area contributed by atoms with E-state index >= 15 is 8.78 Å². The molecule has 2 aliphatic rings. The highest BCUT2D eigenvalue weighted by Crippen LogP contribution is 2.40. The van der Waals surface area contributed by atoms with Crippen LogP contribution in [0.2, 0.25) is 0 Å². The Balaban J connectivity index is 0.00000160. The molecule has 3 aromatic rings. The van der Waals surface area contributed by atoms with Crippen molar-refractivity contribution in [1.29, 1.82) is 0 Å². The lowest BCUT2D eigenvalue weighted by atomic mass is 10.0. The number of alkyl halides is 3. The van der Waals surface area contributed by atoms with Crippen molar-refractivity contribution >= 4 is 29.7 Å². The summed E-state index contributed by atoms with van der Waals surface area (Å²) in [5.41, 5.74) is -3.59. The van der Waals surface area contributed by atoms with Gasteiger partial charge >= 0.3 is 6.18 Å². The van der Waals surface area contributed by atoms with E-state index in [4.69, 9.17) is 14.6 Å². The highest BCUT2D eigenvalue weighted by Gasteiger charge is 2.37. The van der Waals surface area contributed by atoms with Crippen LogP contribution >= 0.6 is 0 Å². The van der Waals surface area contributed by atoms with Crippen molar-refractivity contribution in [2.75, 3.05) is 54.9 Å². The zero-order valence-corrected chi connectivity index (χ0v) is 26.0. The normalized spacial score (nSPS) is 20.3. The minimum atomic E-state index is -5.06. The molecule has 0 spiro atoms. The number of carbonyl (C=O) groups is 2. The summed E-state index contributed by atoms with van der Waals surface area (Å²) in [5, 5.41) is 9.13. The van der Waals surface area contributed by atoms with Crippen LogP contribution in [0.4, 0.5) is 43.7 Å². The molecule has 0 saturated carbocycles. The molecule has 2 aliphatic heterocycles. The number of halogens is 6. The molecule has 3 atom stereocenters. The van der Waals surface area contributed by atoms with Gasteiger partial charge in [0.1, 0.15) is 17.3 Å². The van der Waals surface area contributed by atoms with Crippen LogP contribution in [-0.2, 0) is 15.7 Å². The van der Waals surface area contributed by atoms with Crippen molar-refractivity contribution in [3.63, 3.8) is 0 Å². The van der Waals surface area contributed by atoms with Crippen molar-refractivity contribution in [2.45, 2.75) is 45.2 Å². The van der Waals surface area contributed by atoms with Crippen LogP contribution in [0.3, 0.4) is 0 Å². The predicted octanol–water partition coefficient (Wildman–Crippen LogP) is 5.29. The average Bonchev–Trinajstić information content (AvgIpc) is 2.99. The predicted molar refractivity (Wildman–Crippen MR) is 162 cm³/mol. The zero-order valence-electron chi connectivity index (χ0n) is 26.0. The van der Waals surface area contributed by atoms with Crippen LogP contribution < -0.4 is 15.1 Å². The number of morpholine rings is 1. The number of hydrogen-bond donors (Lipinski definition) is 2. The molecule has 254 valence electrons. The summed E-state index contributed by atoms with van der Waals surface area (Å²) in [6.45, 7) is 7.71. The van der Waals surface area contributed by atoms with Gasteiger partial charge in [0.15, 0.2) is 5.82 Å². The summed E-state index contributed by atoms with van der Waals surface area (Å²) in [6.07, 6.45) is -2.72. The number of ether oxygens (including phenoxy) is 1. The molecule has 2 fully saturated rings. The molecule has 2 N–H and O–H groups in total. The lowest BCUT2D eigenvalue weighted by molar-refractivity contribution is -0.138. The van der Waals surface area contributed by atoms with Crippen LogP contribution in [0.5, 0.6) is 0 Å². The Labute approximate surface area is 267 Å². The highest BCUT2D eigenvalue weighted by molar-refractivity contribution is 6.07. The number of amides is 1. The molecule has 0 unspecified atom stereocenters. The topological polar surface area (TPSA) is 111 Å². The third-order valence-corrected chi connectivity index (χ3v) is 7.90. The Morgan fingerprint density at radius 3 is 2.19 bits per heavy atom. The summed E-state index contributed by atoms with van der Waals surface area (Å²) in [4.78, 5) is 35.8. The molecular weight excluding hydrogens is 634 g/mol. The molecule has 2 saturated heterocycles. The standard InChI is InChI=1S/C30H32F6N6O2.CH2O2/c1-16-13-41(8-7-40(16)4)24-10-23(32)25(19-11-37-29(38-12-19)42-14-17(2)44-18(3)15-42)26(33)27(24)39-28(43)21-6-5-20(31)9-22(21)30(34,35)36;2-1-3/h5-6,9-12,16-18H,7-8,13-15H2,1-4H3,(H,39,43);1H,(H,2,3)/t16-,17+,18+;/m0./s1. The van der Waals surface area contributed by atoms with Gasteiger partial charge in [0.2, 0.25) is 5.95 Å². The Bertz CT molecular complexity index is 1580. The Morgan fingerprint density at radius 2 is 1.62 bits per heavy atom. The lowest BCUT2D eigenvalue weighted by Gasteiger charge is -2.39. The van der Waals surface area contributed by atoms with Crippen LogP contribution in [-0.4, -0.2) is 90.4 Å². The van der Waals surface area contributed by atoms with Crippen LogP contribution in [0.1, 0.15) is 36.7 Å². The quantitative estimate of drug-likeness (QED) is 0.277. The molecule has 3 heterocycles. The van der Waals surface area contributed by atoms with Gasteiger partial charge in [-0.25, -0.2) is 23.1 Å². The fourth-order valence-electron chi connectivity index (χ4n) is 5.59. The second-order valence-electron chi connectivity index (χ2n) is 11.4. The molecule has 5 rings (SSSR count). The average molecular weight is 669 g/mol. The first-order chi connectivity index (χ1) is 22.1. The van der Waals surface area contributed by atoms with Gasteiger partial charge in [-0.3, -0.25) is 9.59 Å². The van der Waals surface area contributed by atoms with E-state index in [-0.39, 0.29) is 42.0 Å². The number of anilines is 3. The molecule has 16 heteroatoms. The van der Waals surface area contributed by atoms with Gasteiger partial charge in [0.25, 0.3) is 12.4 Å². The highest BCUT2D eigenvalue weighted by atomic mass is 19.4. The second-order valence-corrected chi connectivity index (χ2v) is 11.4. The zero-order chi connectivity index (χ0) is 34.6. The number of likely N-dealkylation sites (N-methyl/N-ethyl adjacent to an activating group) is 1. The van der Waals surface area contributed by atoms with Crippen LogP contribution in [0.15, 0.2) is 36.7 Å². The smallest absolute Gasteiger partial charge is 0.417 e. The monoisotopic (exact) mass is 668 g/mol. The van der Waals surface area contributed by atoms with E-state index in [0.717, 1.165) is 6.07 Å². The number of rotatable bonds is 5. The number of aromatic nitrogens is 2. The number of carboxylic acid groups (broad SMARTS) is 1. The van der Waals surface area contributed by atoms with Crippen molar-refractivity contribution in [3.8, 4) is 11.1 Å². The fraction of sp³-hybridized carbons (Fsp3) is 0.419. The molecular formula is C31H34F6N6O4. The maximum atomic E-state index is 16.4. The number of nitrogens with zero attached hydrogens (tertiary/aromatic N) is 5. The van der Waals surface area contributed by atoms with E-state index in [1.807, 2.05) is 37.6 Å². The van der Waals surface area contributed by atoms with E-state index in [1.165, 1.54) is 12.4 Å². The van der Waals surface area contributed by atoms with Gasteiger partial charge in [-0.1, -0.05) is 0 Å². The summed E-state index contributed by atoms with van der Waals surface area (Å²) in [5.74, 6) is -4.37. The van der Waals surface area contributed by atoms with Crippen molar-refractivity contribution < 1.29 is 45.8 Å². The third kappa shape index (κ3) is 8.11. The summed E-state index contributed by atoms with van der Waals surface area (Å²) < 4.78 is 92.6. The number of benzene rings is 2. The van der Waals surface area contributed by atoms with E-state index in [9.17, 15) is 22.4 Å². The van der Waals surface area contributed by atoms with E-state index in [0.29, 0.717) is 50.8 Å². The second kappa shape index (κ2) is 14.5. The minimum absolute atomic E-state index is 0.0291. The first-order valence-electron chi connectivity index (χ1n) is 14.6. The number of hydrogen-bond acceptors (Lipinski definition) is 8. The molecule has 1 aromatic heterocycles. The van der Waals surface area contributed by atoms with E-state index < -0.39 is 51.9 Å². The van der Waals surface area contributed by atoms with E-state index in [1.54, 1.807) is 4.90 Å². The Hall–Kier alpha value is -4.44. The van der Waals surface area contributed by atoms with Crippen LogP contribution in [0, 0.1) is 17.5 Å². The maximum Gasteiger partial charge on any atom is 0.417 e. The molecule has 47 heavy (non-hydrogen) atoms. The van der Waals surface area contributed by atoms with Gasteiger partial charge in [-0.05, 0) is 46.0 Å². The van der Waals surface area contributed by atoms with Crippen molar-refractivity contribution in [1.82, 2.24) is 14.9 Å². The third-order valence-electron chi connectivity index (χ3n) is 7.90. The van der Waals surface area contributed by atoms with Gasteiger partial charge < -0.3 is 29.9 Å². The van der Waals surface area contributed by atoms with Gasteiger partial charge in [0.05, 0.1) is 34.6 Å². The van der Waals surface area contributed by atoms with Gasteiger partial charge in [-0.15, -0.1) is 0 Å². The Kier molecular flexibility index (Phi) is 11.0. The van der Waals surface area contributed by atoms with Gasteiger partial charge in [-0.2, -0.15) is 13.2 Å². The largest absolute Gasteiger partial charge is 0.483 e. The molecule has 2 aromatic carbocycles. The first-order valence-corrected chi connectivity index (χ1v) is 14.6. The maximum absolute atomic E-state index is 16.4. The number of nitrogens with one attached hydrogen (secondary N) is 1. The molecule has 0 bridgehead atoms. The lowest BCUT2D eigenvalue weighted by Crippen LogP contribution is -2.50. The fourth-order valence-corrected chi connectivity index (χ4v) is 5.59. The van der Waals surface area contributed by atoms with Crippen molar-refractivity contribution in [3.05, 3.63) is 65.2 Å². The van der Waals surface area contributed by atoms with Crippen LogP contribution in [0.25, 0.3) is 11.1 Å². The van der Waals surface area contributed by atoms with Gasteiger partial charge in [0, 0.05) is 62.8 Å². The molecule has 0 radical (unpaired) electrons. The summed E-state index contributed by atoms with van der Waals surface area (Å²) in [7, 11) is 1.89. The number of carbonyl (C=O) groups excluding carboxylic acids is 1. The summed E-state index contributed by atoms with van der Waals surface area (Å²) in [6, 6.07) is 2.58.